The summed E-state index contributed by atoms with van der Waals surface area (Å²) in [5.74, 6) is -0.0810. The summed E-state index contributed by atoms with van der Waals surface area (Å²) >= 11 is 0. The van der Waals surface area contributed by atoms with E-state index in [1.54, 1.807) is 7.11 Å². The molecular weight excluding hydrogens is 362 g/mol. The average molecular weight is 387 g/mol. The molecule has 2 heterocycles. The minimum atomic E-state index is -1.13. The molecule has 1 saturated heterocycles. The molecule has 0 spiro atoms. The Hall–Kier alpha value is -2.87. The van der Waals surface area contributed by atoms with Gasteiger partial charge in [-0.1, -0.05) is 17.3 Å². The summed E-state index contributed by atoms with van der Waals surface area (Å²) in [5.41, 5.74) is 1.62. The normalized spacial score (nSPS) is 19.2. The molecule has 2 atom stereocenters. The van der Waals surface area contributed by atoms with Gasteiger partial charge in [0.25, 0.3) is 0 Å². The highest BCUT2D eigenvalue weighted by Crippen LogP contribution is 2.26. The van der Waals surface area contributed by atoms with Gasteiger partial charge in [0.15, 0.2) is 0 Å². The number of piperidine rings is 1. The zero-order chi connectivity index (χ0) is 19.9. The van der Waals surface area contributed by atoms with Crippen molar-refractivity contribution in [3.63, 3.8) is 0 Å². The highest BCUT2D eigenvalue weighted by Gasteiger charge is 2.28. The number of nitrogens with zero attached hydrogens (tertiary/aromatic N) is 1. The zero-order valence-electron chi connectivity index (χ0n) is 15.8. The molecule has 1 aromatic heterocycles. The highest BCUT2D eigenvalue weighted by atomic mass is 16.5. The lowest BCUT2D eigenvalue weighted by Crippen LogP contribution is -2.40. The molecule has 1 amide bonds. The Morgan fingerprint density at radius 2 is 2.11 bits per heavy atom. The van der Waals surface area contributed by atoms with Gasteiger partial charge in [0, 0.05) is 19.0 Å². The predicted octanol–water partition coefficient (Wildman–Crippen LogP) is 1.86. The van der Waals surface area contributed by atoms with Crippen LogP contribution in [0.5, 0.6) is 5.75 Å². The molecule has 8 heteroatoms. The monoisotopic (exact) mass is 387 g/mol. The summed E-state index contributed by atoms with van der Waals surface area (Å²) < 4.78 is 9.96. The Kier molecular flexibility index (Phi) is 6.65. The van der Waals surface area contributed by atoms with Gasteiger partial charge in [0.05, 0.1) is 12.8 Å². The van der Waals surface area contributed by atoms with Gasteiger partial charge in [-0.15, -0.1) is 0 Å². The lowest BCUT2D eigenvalue weighted by Gasteiger charge is -2.31. The van der Waals surface area contributed by atoms with Gasteiger partial charge in [0.2, 0.25) is 11.7 Å². The molecule has 1 fully saturated rings. The van der Waals surface area contributed by atoms with E-state index >= 15 is 0 Å². The maximum absolute atomic E-state index is 12.4. The fraction of sp³-hybridized carbons (Fsp3) is 0.450. The SMILES string of the molecule is COc1ccc(CNC(=O)C[C@H]2CCNC[C@@H]2Cc2cc(C(=O)O)on2)cc1. The molecule has 3 N–H and O–H groups in total. The molecule has 1 aromatic carbocycles. The first-order valence-electron chi connectivity index (χ1n) is 9.34. The Labute approximate surface area is 163 Å². The van der Waals surface area contributed by atoms with Crippen molar-refractivity contribution in [3.05, 3.63) is 47.3 Å². The first-order chi connectivity index (χ1) is 13.5. The second-order valence-corrected chi connectivity index (χ2v) is 7.03. The van der Waals surface area contributed by atoms with Crippen LogP contribution >= 0.6 is 0 Å². The Balaban J connectivity index is 1.52. The van der Waals surface area contributed by atoms with Crippen LogP contribution in [0.25, 0.3) is 0 Å². The molecule has 0 saturated carbocycles. The number of carboxylic acids is 1. The molecule has 150 valence electrons. The third-order valence-corrected chi connectivity index (χ3v) is 5.10. The number of hydrogen-bond acceptors (Lipinski definition) is 6. The van der Waals surface area contributed by atoms with Crippen LogP contribution < -0.4 is 15.4 Å². The van der Waals surface area contributed by atoms with Crippen LogP contribution in [0.15, 0.2) is 34.9 Å². The number of hydrogen-bond donors (Lipinski definition) is 3. The average Bonchev–Trinajstić information content (AvgIpc) is 3.17. The number of carbonyl (C=O) groups excluding carboxylic acids is 1. The van der Waals surface area contributed by atoms with Crippen molar-refractivity contribution in [2.24, 2.45) is 11.8 Å². The van der Waals surface area contributed by atoms with Crippen LogP contribution in [-0.4, -0.2) is 42.3 Å². The van der Waals surface area contributed by atoms with Gasteiger partial charge >= 0.3 is 5.97 Å². The van der Waals surface area contributed by atoms with E-state index in [0.717, 1.165) is 30.8 Å². The maximum Gasteiger partial charge on any atom is 0.374 e. The number of aromatic nitrogens is 1. The predicted molar refractivity (Wildman–Crippen MR) is 101 cm³/mol. The molecule has 0 radical (unpaired) electrons. The number of ether oxygens (including phenoxy) is 1. The number of carboxylic acid groups (broad SMARTS) is 1. The summed E-state index contributed by atoms with van der Waals surface area (Å²) in [6, 6.07) is 9.05. The molecule has 1 aliphatic heterocycles. The second kappa shape index (κ2) is 9.36. The van der Waals surface area contributed by atoms with E-state index in [2.05, 4.69) is 15.8 Å². The van der Waals surface area contributed by atoms with E-state index in [4.69, 9.17) is 14.4 Å². The van der Waals surface area contributed by atoms with Crippen molar-refractivity contribution in [3.8, 4) is 5.75 Å². The molecule has 3 rings (SSSR count). The minimum Gasteiger partial charge on any atom is -0.497 e. The molecule has 8 nitrogen and oxygen atoms in total. The van der Waals surface area contributed by atoms with Gasteiger partial charge < -0.3 is 25.0 Å². The smallest absolute Gasteiger partial charge is 0.374 e. The van der Waals surface area contributed by atoms with Crippen molar-refractivity contribution in [1.82, 2.24) is 15.8 Å². The number of benzene rings is 1. The molecule has 0 aliphatic carbocycles. The fourth-order valence-corrected chi connectivity index (χ4v) is 3.52. The first-order valence-corrected chi connectivity index (χ1v) is 9.34. The molecule has 1 aliphatic rings. The van der Waals surface area contributed by atoms with Gasteiger partial charge in [-0.25, -0.2) is 4.79 Å². The molecule has 2 aromatic rings. The number of amides is 1. The number of carbonyl (C=O) groups is 2. The standard InChI is InChI=1S/C20H25N3O5/c1-27-17-4-2-13(3-5-17)11-22-19(24)9-14-6-7-21-12-15(14)8-16-10-18(20(25)26)28-23-16/h2-5,10,14-15,21H,6-9,11-12H2,1H3,(H,22,24)(H,25,26)/t14-,15+/m1/s1. The number of aromatic carboxylic acids is 1. The Morgan fingerprint density at radius 3 is 2.79 bits per heavy atom. The van der Waals surface area contributed by atoms with E-state index in [1.807, 2.05) is 24.3 Å². The lowest BCUT2D eigenvalue weighted by atomic mass is 9.81. The number of nitrogens with one attached hydrogen (secondary N) is 2. The van der Waals surface area contributed by atoms with E-state index in [0.29, 0.717) is 25.1 Å². The lowest BCUT2D eigenvalue weighted by molar-refractivity contribution is -0.122. The van der Waals surface area contributed by atoms with Crippen LogP contribution in [0.4, 0.5) is 0 Å². The van der Waals surface area contributed by atoms with Gasteiger partial charge in [-0.3, -0.25) is 4.79 Å². The van der Waals surface area contributed by atoms with Crippen LogP contribution in [0.1, 0.15) is 34.7 Å². The number of rotatable bonds is 8. The van der Waals surface area contributed by atoms with Gasteiger partial charge in [-0.2, -0.15) is 0 Å². The summed E-state index contributed by atoms with van der Waals surface area (Å²) in [7, 11) is 1.62. The van der Waals surface area contributed by atoms with E-state index in [9.17, 15) is 9.59 Å². The number of methoxy groups -OCH3 is 1. The Bertz CT molecular complexity index is 802. The highest BCUT2D eigenvalue weighted by molar-refractivity contribution is 5.84. The van der Waals surface area contributed by atoms with Gasteiger partial charge in [-0.05, 0) is 55.5 Å². The maximum atomic E-state index is 12.4. The largest absolute Gasteiger partial charge is 0.497 e. The quantitative estimate of drug-likeness (QED) is 0.633. The van der Waals surface area contributed by atoms with Crippen molar-refractivity contribution in [1.29, 1.82) is 0 Å². The van der Waals surface area contributed by atoms with Crippen LogP contribution in [0.3, 0.4) is 0 Å². The fourth-order valence-electron chi connectivity index (χ4n) is 3.52. The summed E-state index contributed by atoms with van der Waals surface area (Å²) in [6.45, 7) is 2.11. The van der Waals surface area contributed by atoms with Crippen molar-refractivity contribution in [2.45, 2.75) is 25.8 Å². The molecule has 28 heavy (non-hydrogen) atoms. The van der Waals surface area contributed by atoms with E-state index < -0.39 is 5.97 Å². The van der Waals surface area contributed by atoms with Gasteiger partial charge in [0.1, 0.15) is 5.75 Å². The van der Waals surface area contributed by atoms with Crippen LogP contribution in [0, 0.1) is 11.8 Å². The van der Waals surface area contributed by atoms with E-state index in [-0.39, 0.29) is 23.5 Å². The van der Waals surface area contributed by atoms with E-state index in [1.165, 1.54) is 6.07 Å². The topological polar surface area (TPSA) is 114 Å². The third-order valence-electron chi connectivity index (χ3n) is 5.10. The summed E-state index contributed by atoms with van der Waals surface area (Å²) in [4.78, 5) is 23.4. The third kappa shape index (κ3) is 5.32. The Morgan fingerprint density at radius 1 is 1.32 bits per heavy atom. The summed E-state index contributed by atoms with van der Waals surface area (Å²) in [6.07, 6.45) is 1.91. The molecular formula is C20H25N3O5. The molecule has 0 bridgehead atoms. The molecule has 0 unspecified atom stereocenters. The van der Waals surface area contributed by atoms with Crippen molar-refractivity contribution < 1.29 is 24.0 Å². The second-order valence-electron chi connectivity index (χ2n) is 7.03. The minimum absolute atomic E-state index is 0.0131. The van der Waals surface area contributed by atoms with Crippen LogP contribution in [0.2, 0.25) is 0 Å². The first kappa shape index (κ1) is 19.9. The zero-order valence-corrected chi connectivity index (χ0v) is 15.8. The van der Waals surface area contributed by atoms with Crippen LogP contribution in [-0.2, 0) is 17.8 Å². The van der Waals surface area contributed by atoms with Crippen molar-refractivity contribution >= 4 is 11.9 Å². The summed E-state index contributed by atoms with van der Waals surface area (Å²) in [5, 5.41) is 19.1. The van der Waals surface area contributed by atoms with Crippen molar-refractivity contribution in [2.75, 3.05) is 20.2 Å².